The highest BCUT2D eigenvalue weighted by Crippen LogP contribution is 2.51. The summed E-state index contributed by atoms with van der Waals surface area (Å²) in [5.41, 5.74) is 1.52. The topological polar surface area (TPSA) is 107 Å². The summed E-state index contributed by atoms with van der Waals surface area (Å²) in [7, 11) is 1.20. The second-order valence-electron chi connectivity index (χ2n) is 9.12. The number of benzene rings is 2. The van der Waals surface area contributed by atoms with Gasteiger partial charge in [0.25, 0.3) is 5.91 Å². The minimum absolute atomic E-state index is 0.0661. The number of rotatable bonds is 7. The van der Waals surface area contributed by atoms with Gasteiger partial charge in [-0.05, 0) is 43.3 Å². The lowest BCUT2D eigenvalue weighted by atomic mass is 9.97. The number of nitrogens with zero attached hydrogens (tertiary/aromatic N) is 3. The molecule has 0 unspecified atom stereocenters. The molecule has 2 aromatic rings. The van der Waals surface area contributed by atoms with Crippen LogP contribution in [0.25, 0.3) is 0 Å². The summed E-state index contributed by atoms with van der Waals surface area (Å²) < 4.78 is 57.0. The lowest BCUT2D eigenvalue weighted by Crippen LogP contribution is -2.51. The van der Waals surface area contributed by atoms with Crippen LogP contribution in [0.1, 0.15) is 11.1 Å². The molecule has 0 aliphatic carbocycles. The number of ether oxygens (including phenoxy) is 5. The molecule has 0 spiro atoms. The predicted octanol–water partition coefficient (Wildman–Crippen LogP) is 1.33. The number of likely N-dealkylation sites (N-methyl/N-ethyl adjacent to an activating group) is 1. The van der Waals surface area contributed by atoms with Crippen LogP contribution in [0, 0.1) is 0 Å². The fourth-order valence-corrected chi connectivity index (χ4v) is 6.78. The monoisotopic (exact) mass is 533 g/mol. The zero-order valence-corrected chi connectivity index (χ0v) is 22.0. The second kappa shape index (κ2) is 10.3. The molecule has 0 aromatic heterocycles. The van der Waals surface area contributed by atoms with Gasteiger partial charge >= 0.3 is 0 Å². The van der Waals surface area contributed by atoms with E-state index >= 15 is 0 Å². The first-order chi connectivity index (χ1) is 17.8. The van der Waals surface area contributed by atoms with Crippen LogP contribution in [0.4, 0.5) is 0 Å². The van der Waals surface area contributed by atoms with Gasteiger partial charge in [0.15, 0.2) is 18.1 Å². The summed E-state index contributed by atoms with van der Waals surface area (Å²) in [6, 6.07) is 6.97. The molecule has 5 rings (SSSR count). The Labute approximate surface area is 216 Å². The molecule has 0 bridgehead atoms. The number of methoxy groups -OCH3 is 2. The van der Waals surface area contributed by atoms with Gasteiger partial charge < -0.3 is 33.5 Å². The van der Waals surface area contributed by atoms with Crippen molar-refractivity contribution in [2.75, 3.05) is 67.4 Å². The van der Waals surface area contributed by atoms with Gasteiger partial charge in [0, 0.05) is 44.8 Å². The Morgan fingerprint density at radius 1 is 0.919 bits per heavy atom. The van der Waals surface area contributed by atoms with E-state index in [1.54, 1.807) is 43.4 Å². The predicted molar refractivity (Wildman–Crippen MR) is 133 cm³/mol. The quantitative estimate of drug-likeness (QED) is 0.521. The van der Waals surface area contributed by atoms with Crippen molar-refractivity contribution >= 4 is 15.9 Å². The van der Waals surface area contributed by atoms with E-state index in [9.17, 15) is 13.2 Å². The molecule has 12 heteroatoms. The average Bonchev–Trinajstić information content (AvgIpc) is 3.39. The lowest BCUT2D eigenvalue weighted by molar-refractivity contribution is -0.134. The van der Waals surface area contributed by atoms with E-state index in [1.165, 1.54) is 4.31 Å². The van der Waals surface area contributed by atoms with E-state index in [4.69, 9.17) is 23.7 Å². The highest BCUT2D eigenvalue weighted by atomic mass is 32.2. The Morgan fingerprint density at radius 2 is 1.59 bits per heavy atom. The minimum Gasteiger partial charge on any atom is -0.497 e. The number of piperazine rings is 1. The number of amides is 1. The van der Waals surface area contributed by atoms with Crippen LogP contribution in [0.5, 0.6) is 28.7 Å². The van der Waals surface area contributed by atoms with Crippen LogP contribution >= 0.6 is 0 Å². The molecular weight excluding hydrogens is 502 g/mol. The Hall–Kier alpha value is -3.22. The van der Waals surface area contributed by atoms with E-state index in [0.29, 0.717) is 41.5 Å². The lowest BCUT2D eigenvalue weighted by Gasteiger charge is -2.35. The highest BCUT2D eigenvalue weighted by Gasteiger charge is 2.41. The standard InChI is InChI=1S/C25H31N3O8S/c1-26-9-8-19-20(14-26)22(33-3)23-24(36-16-35-23)25(19)37(30,31)28-12-10-27(11-13-28)21(29)15-34-18-6-4-17(32-2)5-7-18/h4-7H,8-16H2,1-3H3. The summed E-state index contributed by atoms with van der Waals surface area (Å²) in [5, 5.41) is 0. The van der Waals surface area contributed by atoms with Crippen LogP contribution in [0.2, 0.25) is 0 Å². The Balaban J connectivity index is 1.31. The SMILES string of the molecule is COc1ccc(OCC(=O)N2CCN(S(=O)(=O)c3c4c(c(OC)c5c3OCO5)CN(C)CC4)CC2)cc1. The molecule has 0 atom stereocenters. The third kappa shape index (κ3) is 4.76. The van der Waals surface area contributed by atoms with Gasteiger partial charge in [-0.3, -0.25) is 4.79 Å². The van der Waals surface area contributed by atoms with E-state index in [1.807, 2.05) is 7.05 Å². The van der Waals surface area contributed by atoms with Crippen molar-refractivity contribution in [1.82, 2.24) is 14.1 Å². The van der Waals surface area contributed by atoms with Crippen LogP contribution in [0.3, 0.4) is 0 Å². The molecule has 3 aliphatic heterocycles. The van der Waals surface area contributed by atoms with Crippen molar-refractivity contribution in [3.05, 3.63) is 35.4 Å². The van der Waals surface area contributed by atoms with E-state index in [2.05, 4.69) is 4.90 Å². The third-order valence-electron chi connectivity index (χ3n) is 6.92. The molecule has 3 heterocycles. The van der Waals surface area contributed by atoms with Gasteiger partial charge in [-0.2, -0.15) is 4.31 Å². The van der Waals surface area contributed by atoms with Crippen molar-refractivity contribution in [3.8, 4) is 28.7 Å². The van der Waals surface area contributed by atoms with E-state index in [0.717, 1.165) is 12.1 Å². The Kier molecular flexibility index (Phi) is 7.06. The fraction of sp³-hybridized carbons (Fsp3) is 0.480. The van der Waals surface area contributed by atoms with Crippen molar-refractivity contribution in [3.63, 3.8) is 0 Å². The molecule has 11 nitrogen and oxygen atoms in total. The first-order valence-electron chi connectivity index (χ1n) is 12.1. The molecule has 1 saturated heterocycles. The molecule has 0 radical (unpaired) electrons. The number of sulfonamides is 1. The molecular formula is C25H31N3O8S. The zero-order valence-electron chi connectivity index (χ0n) is 21.2. The number of fused-ring (bicyclic) bond motifs is 2. The molecule has 3 aliphatic rings. The summed E-state index contributed by atoms with van der Waals surface area (Å²) in [6.45, 7) is 1.96. The molecule has 2 aromatic carbocycles. The van der Waals surface area contributed by atoms with Crippen LogP contribution < -0.4 is 23.7 Å². The summed E-state index contributed by atoms with van der Waals surface area (Å²) in [6.07, 6.45) is 0.550. The summed E-state index contributed by atoms with van der Waals surface area (Å²) in [4.78, 5) is 16.6. The number of carbonyl (C=O) groups is 1. The maximum absolute atomic E-state index is 13.9. The number of carbonyl (C=O) groups excluding carboxylic acids is 1. The van der Waals surface area contributed by atoms with Gasteiger partial charge in [0.1, 0.15) is 16.4 Å². The van der Waals surface area contributed by atoms with Crippen molar-refractivity contribution in [2.45, 2.75) is 17.9 Å². The van der Waals surface area contributed by atoms with E-state index < -0.39 is 10.0 Å². The third-order valence-corrected chi connectivity index (χ3v) is 8.92. The highest BCUT2D eigenvalue weighted by molar-refractivity contribution is 7.89. The minimum atomic E-state index is -3.91. The Morgan fingerprint density at radius 3 is 2.27 bits per heavy atom. The zero-order chi connectivity index (χ0) is 26.2. The van der Waals surface area contributed by atoms with Gasteiger partial charge in [-0.1, -0.05) is 0 Å². The van der Waals surface area contributed by atoms with Crippen molar-refractivity contribution < 1.29 is 36.9 Å². The van der Waals surface area contributed by atoms with Gasteiger partial charge in [-0.25, -0.2) is 8.42 Å². The average molecular weight is 534 g/mol. The Bertz CT molecular complexity index is 1270. The first-order valence-corrected chi connectivity index (χ1v) is 13.5. The molecule has 200 valence electrons. The van der Waals surface area contributed by atoms with Crippen molar-refractivity contribution in [1.29, 1.82) is 0 Å². The molecule has 37 heavy (non-hydrogen) atoms. The number of hydrogen-bond acceptors (Lipinski definition) is 9. The van der Waals surface area contributed by atoms with E-state index in [-0.39, 0.29) is 56.1 Å². The number of hydrogen-bond donors (Lipinski definition) is 0. The smallest absolute Gasteiger partial charge is 0.260 e. The molecule has 0 N–H and O–H groups in total. The van der Waals surface area contributed by atoms with Crippen LogP contribution in [-0.4, -0.2) is 95.8 Å². The fourth-order valence-electron chi connectivity index (χ4n) is 4.95. The molecule has 1 fully saturated rings. The van der Waals surface area contributed by atoms with Gasteiger partial charge in [0.2, 0.25) is 22.6 Å². The second-order valence-corrected chi connectivity index (χ2v) is 11.0. The first kappa shape index (κ1) is 25.4. The largest absolute Gasteiger partial charge is 0.497 e. The van der Waals surface area contributed by atoms with Crippen LogP contribution in [0.15, 0.2) is 29.2 Å². The van der Waals surface area contributed by atoms with Gasteiger partial charge in [-0.15, -0.1) is 0 Å². The molecule has 1 amide bonds. The maximum Gasteiger partial charge on any atom is 0.260 e. The maximum atomic E-state index is 13.9. The van der Waals surface area contributed by atoms with Crippen LogP contribution in [-0.2, 0) is 27.8 Å². The summed E-state index contributed by atoms with van der Waals surface area (Å²) in [5.74, 6) is 2.13. The molecule has 0 saturated carbocycles. The van der Waals surface area contributed by atoms with Gasteiger partial charge in [0.05, 0.1) is 14.2 Å². The van der Waals surface area contributed by atoms with Crippen molar-refractivity contribution in [2.24, 2.45) is 0 Å². The summed E-state index contributed by atoms with van der Waals surface area (Å²) >= 11 is 0. The normalized spacial score (nSPS) is 17.9.